The Balaban J connectivity index is 2.03. The summed E-state index contributed by atoms with van der Waals surface area (Å²) in [6.07, 6.45) is 0. The number of ketones is 1. The van der Waals surface area contributed by atoms with Gasteiger partial charge in [-0.3, -0.25) is 4.79 Å². The SMILES string of the molecule is COc1ccc(N=C(Oc2ccc(C)cc2C(C)=O)c2ccccc2)cc1. The van der Waals surface area contributed by atoms with Crippen molar-refractivity contribution in [1.82, 2.24) is 0 Å². The zero-order valence-electron chi connectivity index (χ0n) is 15.6. The van der Waals surface area contributed by atoms with E-state index >= 15 is 0 Å². The molecule has 27 heavy (non-hydrogen) atoms. The predicted octanol–water partition coefficient (Wildman–Crippen LogP) is 5.36. The first-order valence-electron chi connectivity index (χ1n) is 8.64. The monoisotopic (exact) mass is 359 g/mol. The lowest BCUT2D eigenvalue weighted by Crippen LogP contribution is -2.12. The molecule has 0 spiro atoms. The van der Waals surface area contributed by atoms with Crippen molar-refractivity contribution in [3.63, 3.8) is 0 Å². The molecule has 4 heteroatoms. The van der Waals surface area contributed by atoms with Crippen molar-refractivity contribution >= 4 is 17.4 Å². The Morgan fingerprint density at radius 2 is 1.63 bits per heavy atom. The molecule has 3 rings (SSSR count). The van der Waals surface area contributed by atoms with Crippen molar-refractivity contribution in [1.29, 1.82) is 0 Å². The third kappa shape index (κ3) is 4.61. The smallest absolute Gasteiger partial charge is 0.227 e. The average Bonchev–Trinajstić information content (AvgIpc) is 2.69. The van der Waals surface area contributed by atoms with Crippen molar-refractivity contribution in [2.24, 2.45) is 4.99 Å². The Morgan fingerprint density at radius 1 is 0.926 bits per heavy atom. The largest absolute Gasteiger partial charge is 0.497 e. The van der Waals surface area contributed by atoms with Gasteiger partial charge in [-0.15, -0.1) is 0 Å². The molecule has 0 bridgehead atoms. The number of aliphatic imine (C=N–C) groups is 1. The van der Waals surface area contributed by atoms with Crippen LogP contribution in [0, 0.1) is 6.92 Å². The zero-order chi connectivity index (χ0) is 19.2. The minimum atomic E-state index is -0.0504. The van der Waals surface area contributed by atoms with E-state index in [4.69, 9.17) is 9.47 Å². The Labute approximate surface area is 159 Å². The van der Waals surface area contributed by atoms with Gasteiger partial charge >= 0.3 is 0 Å². The van der Waals surface area contributed by atoms with Crippen LogP contribution in [0.3, 0.4) is 0 Å². The molecule has 0 fully saturated rings. The van der Waals surface area contributed by atoms with E-state index in [2.05, 4.69) is 4.99 Å². The van der Waals surface area contributed by atoms with Gasteiger partial charge in [-0.25, -0.2) is 4.99 Å². The highest BCUT2D eigenvalue weighted by molar-refractivity contribution is 6.01. The number of rotatable bonds is 5. The van der Waals surface area contributed by atoms with Crippen LogP contribution in [0.1, 0.15) is 28.4 Å². The van der Waals surface area contributed by atoms with E-state index in [0.717, 1.165) is 22.6 Å². The first-order valence-corrected chi connectivity index (χ1v) is 8.64. The maximum Gasteiger partial charge on any atom is 0.227 e. The summed E-state index contributed by atoms with van der Waals surface area (Å²) >= 11 is 0. The van der Waals surface area contributed by atoms with Crippen LogP contribution in [0.4, 0.5) is 5.69 Å². The Bertz CT molecular complexity index is 961. The first-order chi connectivity index (χ1) is 13.1. The lowest BCUT2D eigenvalue weighted by atomic mass is 10.1. The standard InChI is InChI=1S/C23H21NO3/c1-16-9-14-22(21(15-16)17(2)25)27-23(18-7-5-4-6-8-18)24-19-10-12-20(26-3)13-11-19/h4-15H,1-3H3. The van der Waals surface area contributed by atoms with Crippen molar-refractivity contribution in [2.75, 3.05) is 7.11 Å². The van der Waals surface area contributed by atoms with Gasteiger partial charge in [0.1, 0.15) is 11.5 Å². The Kier molecular flexibility index (Phi) is 5.67. The van der Waals surface area contributed by atoms with Gasteiger partial charge in [-0.1, -0.05) is 29.8 Å². The number of aryl methyl sites for hydroxylation is 1. The lowest BCUT2D eigenvalue weighted by Gasteiger charge is -2.13. The number of carbonyl (C=O) groups is 1. The molecule has 0 unspecified atom stereocenters. The molecule has 3 aromatic rings. The summed E-state index contributed by atoms with van der Waals surface area (Å²) in [4.78, 5) is 16.7. The van der Waals surface area contributed by atoms with Crippen LogP contribution in [-0.2, 0) is 0 Å². The van der Waals surface area contributed by atoms with Gasteiger partial charge in [-0.05, 0) is 62.4 Å². The number of nitrogens with zero attached hydrogens (tertiary/aromatic N) is 1. The maximum absolute atomic E-state index is 12.0. The molecular formula is C23H21NO3. The second-order valence-corrected chi connectivity index (χ2v) is 6.14. The molecule has 0 aliphatic rings. The van der Waals surface area contributed by atoms with Gasteiger partial charge < -0.3 is 9.47 Å². The number of carbonyl (C=O) groups excluding carboxylic acids is 1. The molecule has 0 atom stereocenters. The quantitative estimate of drug-likeness (QED) is 0.350. The van der Waals surface area contributed by atoms with Crippen LogP contribution in [0.2, 0.25) is 0 Å². The number of methoxy groups -OCH3 is 1. The average molecular weight is 359 g/mol. The van der Waals surface area contributed by atoms with Gasteiger partial charge in [-0.2, -0.15) is 0 Å². The third-order valence-corrected chi connectivity index (χ3v) is 4.04. The molecule has 0 heterocycles. The molecule has 0 radical (unpaired) electrons. The summed E-state index contributed by atoms with van der Waals surface area (Å²) in [5, 5.41) is 0. The van der Waals surface area contributed by atoms with E-state index in [0.29, 0.717) is 17.2 Å². The van der Waals surface area contributed by atoms with Crippen molar-refractivity contribution in [3.05, 3.63) is 89.5 Å². The van der Waals surface area contributed by atoms with Crippen LogP contribution in [0.15, 0.2) is 77.8 Å². The highest BCUT2D eigenvalue weighted by Crippen LogP contribution is 2.24. The van der Waals surface area contributed by atoms with E-state index < -0.39 is 0 Å². The van der Waals surface area contributed by atoms with E-state index in [1.165, 1.54) is 6.92 Å². The highest BCUT2D eigenvalue weighted by atomic mass is 16.5. The molecule has 0 saturated heterocycles. The summed E-state index contributed by atoms with van der Waals surface area (Å²) in [5.74, 6) is 1.62. The number of hydrogen-bond donors (Lipinski definition) is 0. The molecule has 0 aliphatic carbocycles. The first kappa shape index (κ1) is 18.4. The molecule has 0 saturated carbocycles. The Hall–Kier alpha value is -3.40. The second-order valence-electron chi connectivity index (χ2n) is 6.14. The van der Waals surface area contributed by atoms with E-state index in [1.54, 1.807) is 13.2 Å². The molecular weight excluding hydrogens is 338 g/mol. The summed E-state index contributed by atoms with van der Waals surface area (Å²) < 4.78 is 11.3. The number of hydrogen-bond acceptors (Lipinski definition) is 4. The zero-order valence-corrected chi connectivity index (χ0v) is 15.6. The van der Waals surface area contributed by atoms with Gasteiger partial charge in [0.15, 0.2) is 5.78 Å². The lowest BCUT2D eigenvalue weighted by molar-refractivity contribution is 0.101. The molecule has 0 amide bonds. The molecule has 0 N–H and O–H groups in total. The van der Waals surface area contributed by atoms with Crippen LogP contribution in [0.25, 0.3) is 0 Å². The van der Waals surface area contributed by atoms with E-state index in [9.17, 15) is 4.79 Å². The van der Waals surface area contributed by atoms with Gasteiger partial charge in [0.2, 0.25) is 5.90 Å². The van der Waals surface area contributed by atoms with Crippen molar-refractivity contribution in [2.45, 2.75) is 13.8 Å². The minimum absolute atomic E-state index is 0.0504. The van der Waals surface area contributed by atoms with Crippen LogP contribution >= 0.6 is 0 Å². The summed E-state index contributed by atoms with van der Waals surface area (Å²) in [5.41, 5.74) is 3.09. The number of benzene rings is 3. The fraction of sp³-hybridized carbons (Fsp3) is 0.130. The molecule has 136 valence electrons. The van der Waals surface area contributed by atoms with Gasteiger partial charge in [0, 0.05) is 5.56 Å². The van der Waals surface area contributed by atoms with Crippen LogP contribution in [0.5, 0.6) is 11.5 Å². The summed E-state index contributed by atoms with van der Waals surface area (Å²) in [7, 11) is 1.62. The minimum Gasteiger partial charge on any atom is -0.497 e. The molecule has 0 aliphatic heterocycles. The van der Waals surface area contributed by atoms with Gasteiger partial charge in [0.25, 0.3) is 0 Å². The van der Waals surface area contributed by atoms with Crippen molar-refractivity contribution in [3.8, 4) is 11.5 Å². The summed E-state index contributed by atoms with van der Waals surface area (Å²) in [6, 6.07) is 22.5. The fourth-order valence-corrected chi connectivity index (χ4v) is 2.61. The van der Waals surface area contributed by atoms with Gasteiger partial charge in [0.05, 0.1) is 18.4 Å². The predicted molar refractivity (Wildman–Crippen MR) is 107 cm³/mol. The number of Topliss-reactive ketones (excluding diaryl/α,β-unsaturated/α-hetero) is 1. The number of ether oxygens (including phenoxy) is 2. The van der Waals surface area contributed by atoms with Crippen molar-refractivity contribution < 1.29 is 14.3 Å². The highest BCUT2D eigenvalue weighted by Gasteiger charge is 2.13. The fourth-order valence-electron chi connectivity index (χ4n) is 2.61. The molecule has 4 nitrogen and oxygen atoms in total. The third-order valence-electron chi connectivity index (χ3n) is 4.04. The van der Waals surface area contributed by atoms with Crippen LogP contribution in [-0.4, -0.2) is 18.8 Å². The maximum atomic E-state index is 12.0. The summed E-state index contributed by atoms with van der Waals surface area (Å²) in [6.45, 7) is 3.48. The van der Waals surface area contributed by atoms with Crippen LogP contribution < -0.4 is 9.47 Å². The second kappa shape index (κ2) is 8.32. The van der Waals surface area contributed by atoms with E-state index in [-0.39, 0.29) is 5.78 Å². The topological polar surface area (TPSA) is 47.9 Å². The Morgan fingerprint density at radius 3 is 2.26 bits per heavy atom. The normalized spacial score (nSPS) is 11.1. The molecule has 0 aromatic heterocycles. The van der Waals surface area contributed by atoms with E-state index in [1.807, 2.05) is 73.7 Å². The molecule has 3 aromatic carbocycles.